The standard InChI is InChI=1S/C7H17BrN2Si/c1-3-5-6-10-7(8)9(4-2)11-10/h7H,3-6,11H2,1-2H3. The molecule has 1 fully saturated rings. The van der Waals surface area contributed by atoms with Crippen LogP contribution in [0.4, 0.5) is 0 Å². The summed E-state index contributed by atoms with van der Waals surface area (Å²) in [5.41, 5.74) is 0. The van der Waals surface area contributed by atoms with Gasteiger partial charge in [-0.05, 0) is 19.5 Å². The number of hydrogen-bond acceptors (Lipinski definition) is 2. The maximum absolute atomic E-state index is 3.67. The van der Waals surface area contributed by atoms with Crippen molar-refractivity contribution in [3.63, 3.8) is 0 Å². The SMILES string of the molecule is CCCCN1[SiH2]N(CC)C1Br. The van der Waals surface area contributed by atoms with Gasteiger partial charge in [-0.2, -0.15) is 0 Å². The second kappa shape index (κ2) is 4.60. The summed E-state index contributed by atoms with van der Waals surface area (Å²) >= 11 is 3.67. The van der Waals surface area contributed by atoms with Gasteiger partial charge in [0.25, 0.3) is 0 Å². The molecule has 1 aliphatic rings. The molecule has 1 saturated heterocycles. The van der Waals surface area contributed by atoms with Crippen LogP contribution in [0.3, 0.4) is 0 Å². The predicted molar refractivity (Wildman–Crippen MR) is 55.3 cm³/mol. The summed E-state index contributed by atoms with van der Waals surface area (Å²) in [5.74, 6) is 0. The van der Waals surface area contributed by atoms with Gasteiger partial charge in [-0.1, -0.05) is 36.2 Å². The lowest BCUT2D eigenvalue weighted by atomic mass is 10.3. The van der Waals surface area contributed by atoms with E-state index in [1.54, 1.807) is 0 Å². The predicted octanol–water partition coefficient (Wildman–Crippen LogP) is 1.10. The van der Waals surface area contributed by atoms with Crippen LogP contribution < -0.4 is 0 Å². The van der Waals surface area contributed by atoms with Crippen molar-refractivity contribution in [1.82, 2.24) is 9.13 Å². The fourth-order valence-corrected chi connectivity index (χ4v) is 4.02. The van der Waals surface area contributed by atoms with Gasteiger partial charge in [-0.25, -0.2) is 0 Å². The molecule has 0 aromatic heterocycles. The Hall–Kier alpha value is 0.617. The molecule has 0 spiro atoms. The molecule has 2 nitrogen and oxygen atoms in total. The number of unbranched alkanes of at least 4 members (excludes halogenated alkanes) is 1. The van der Waals surface area contributed by atoms with Crippen molar-refractivity contribution in [2.24, 2.45) is 0 Å². The van der Waals surface area contributed by atoms with Crippen LogP contribution in [0.25, 0.3) is 0 Å². The lowest BCUT2D eigenvalue weighted by Gasteiger charge is -2.47. The Bertz CT molecular complexity index is 121. The van der Waals surface area contributed by atoms with E-state index in [-0.39, 0.29) is 9.84 Å². The second-order valence-corrected chi connectivity index (χ2v) is 5.75. The van der Waals surface area contributed by atoms with Gasteiger partial charge in [0.15, 0.2) is 9.84 Å². The number of hydrogen-bond donors (Lipinski definition) is 0. The Morgan fingerprint density at radius 2 is 2.09 bits per heavy atom. The van der Waals surface area contributed by atoms with Crippen LogP contribution in [0.15, 0.2) is 0 Å². The monoisotopic (exact) mass is 236 g/mol. The molecule has 1 rings (SSSR count). The largest absolute Gasteiger partial charge is 0.293 e. The van der Waals surface area contributed by atoms with Crippen LogP contribution >= 0.6 is 15.9 Å². The first-order valence-electron chi connectivity index (χ1n) is 4.41. The van der Waals surface area contributed by atoms with Gasteiger partial charge in [-0.3, -0.25) is 9.13 Å². The number of rotatable bonds is 4. The Balaban J connectivity index is 2.11. The highest BCUT2D eigenvalue weighted by molar-refractivity contribution is 9.09. The molecule has 1 aliphatic heterocycles. The van der Waals surface area contributed by atoms with Crippen LogP contribution in [0.5, 0.6) is 0 Å². The lowest BCUT2D eigenvalue weighted by molar-refractivity contribution is 0.180. The topological polar surface area (TPSA) is 6.48 Å². The molecule has 4 heteroatoms. The Morgan fingerprint density at radius 1 is 1.36 bits per heavy atom. The van der Waals surface area contributed by atoms with Crippen molar-refractivity contribution in [3.05, 3.63) is 0 Å². The minimum Gasteiger partial charge on any atom is -0.293 e. The quantitative estimate of drug-likeness (QED) is 0.410. The third-order valence-corrected chi connectivity index (χ3v) is 6.58. The zero-order valence-electron chi connectivity index (χ0n) is 7.39. The lowest BCUT2D eigenvalue weighted by Crippen LogP contribution is -2.63. The molecule has 0 saturated carbocycles. The first-order valence-corrected chi connectivity index (χ1v) is 6.59. The molecule has 66 valence electrons. The zero-order valence-corrected chi connectivity index (χ0v) is 10.4. The van der Waals surface area contributed by atoms with Gasteiger partial charge in [0, 0.05) is 0 Å². The first-order chi connectivity index (χ1) is 5.29. The molecule has 0 N–H and O–H groups in total. The molecule has 0 amide bonds. The van der Waals surface area contributed by atoms with Gasteiger partial charge in [0.05, 0.1) is 0 Å². The molecule has 1 heterocycles. The van der Waals surface area contributed by atoms with E-state index in [4.69, 9.17) is 0 Å². The van der Waals surface area contributed by atoms with Crippen LogP contribution in [0.2, 0.25) is 0 Å². The number of halogens is 1. The first kappa shape index (κ1) is 9.70. The Kier molecular flexibility index (Phi) is 4.05. The molecule has 0 aromatic rings. The molecular weight excluding hydrogens is 220 g/mol. The summed E-state index contributed by atoms with van der Waals surface area (Å²) in [6.45, 7) is 7.00. The summed E-state index contributed by atoms with van der Waals surface area (Å²) in [6.07, 6.45) is 2.67. The molecule has 0 aromatic carbocycles. The molecule has 0 radical (unpaired) electrons. The van der Waals surface area contributed by atoms with E-state index < -0.39 is 0 Å². The molecule has 0 aliphatic carbocycles. The van der Waals surface area contributed by atoms with E-state index in [0.717, 1.165) is 0 Å². The third kappa shape index (κ3) is 2.27. The van der Waals surface area contributed by atoms with E-state index in [1.165, 1.54) is 25.9 Å². The highest BCUT2D eigenvalue weighted by atomic mass is 79.9. The van der Waals surface area contributed by atoms with E-state index in [1.807, 2.05) is 0 Å². The summed E-state index contributed by atoms with van der Waals surface area (Å²) in [4.78, 5) is 0. The highest BCUT2D eigenvalue weighted by Crippen LogP contribution is 2.21. The van der Waals surface area contributed by atoms with E-state index in [9.17, 15) is 0 Å². The fourth-order valence-electron chi connectivity index (χ4n) is 1.29. The summed E-state index contributed by atoms with van der Waals surface area (Å²) in [7, 11) is -0.0151. The average molecular weight is 237 g/mol. The van der Waals surface area contributed by atoms with Crippen molar-refractivity contribution < 1.29 is 0 Å². The minimum atomic E-state index is -0.0151. The van der Waals surface area contributed by atoms with Gasteiger partial charge < -0.3 is 0 Å². The van der Waals surface area contributed by atoms with Crippen molar-refractivity contribution in [3.8, 4) is 0 Å². The summed E-state index contributed by atoms with van der Waals surface area (Å²) in [5, 5.41) is 0.575. The average Bonchev–Trinajstić information content (AvgIpc) is 2.03. The zero-order chi connectivity index (χ0) is 8.27. The van der Waals surface area contributed by atoms with Gasteiger partial charge >= 0.3 is 0 Å². The van der Waals surface area contributed by atoms with Crippen molar-refractivity contribution in [2.75, 3.05) is 13.1 Å². The number of nitrogens with zero attached hydrogens (tertiary/aromatic N) is 2. The maximum atomic E-state index is 3.67. The molecular formula is C7H17BrN2Si. The molecule has 1 atom stereocenters. The van der Waals surface area contributed by atoms with Gasteiger partial charge in [0.2, 0.25) is 0 Å². The molecule has 11 heavy (non-hydrogen) atoms. The van der Waals surface area contributed by atoms with Gasteiger partial charge in [0.1, 0.15) is 5.08 Å². The summed E-state index contributed by atoms with van der Waals surface area (Å²) < 4.78 is 5.13. The molecule has 1 unspecified atom stereocenters. The van der Waals surface area contributed by atoms with Crippen LogP contribution in [-0.4, -0.2) is 37.1 Å². The fraction of sp³-hybridized carbons (Fsp3) is 1.00. The smallest absolute Gasteiger partial charge is 0.176 e. The van der Waals surface area contributed by atoms with Crippen molar-refractivity contribution >= 4 is 25.8 Å². The van der Waals surface area contributed by atoms with Crippen molar-refractivity contribution in [2.45, 2.75) is 31.8 Å². The van der Waals surface area contributed by atoms with E-state index >= 15 is 0 Å². The summed E-state index contributed by atoms with van der Waals surface area (Å²) in [6, 6.07) is 0. The Morgan fingerprint density at radius 3 is 2.55 bits per heavy atom. The van der Waals surface area contributed by atoms with Crippen LogP contribution in [0.1, 0.15) is 26.7 Å². The minimum absolute atomic E-state index is 0.0151. The van der Waals surface area contributed by atoms with E-state index in [2.05, 4.69) is 38.9 Å². The number of alkyl halides is 1. The highest BCUT2D eigenvalue weighted by Gasteiger charge is 2.32. The Labute approximate surface area is 80.0 Å². The second-order valence-electron chi connectivity index (χ2n) is 3.02. The molecule has 0 bridgehead atoms. The van der Waals surface area contributed by atoms with E-state index in [0.29, 0.717) is 5.08 Å². The van der Waals surface area contributed by atoms with Crippen LogP contribution in [-0.2, 0) is 0 Å². The van der Waals surface area contributed by atoms with Crippen LogP contribution in [0, 0.1) is 0 Å². The third-order valence-electron chi connectivity index (χ3n) is 2.17. The maximum Gasteiger partial charge on any atom is 0.176 e. The van der Waals surface area contributed by atoms with Gasteiger partial charge in [-0.15, -0.1) is 0 Å². The normalized spacial score (nSPS) is 29.2. The van der Waals surface area contributed by atoms with Crippen molar-refractivity contribution in [1.29, 1.82) is 0 Å².